The number of nitrogen functional groups attached to an aromatic ring is 1. The van der Waals surface area contributed by atoms with Crippen molar-refractivity contribution < 1.29 is 9.59 Å². The molecule has 0 fully saturated rings. The zero-order valence-corrected chi connectivity index (χ0v) is 20.8. The van der Waals surface area contributed by atoms with Gasteiger partial charge in [-0.15, -0.1) is 0 Å². The molecule has 2 N–H and O–H groups in total. The molecular formula is C28H21ClN6O2. The van der Waals surface area contributed by atoms with Crippen molar-refractivity contribution >= 4 is 73.5 Å². The number of allylic oxidation sites excluding steroid dienone is 1. The SMILES string of the molecule is CC1=NN(C(=O)Cn2c3ccccc3c3nc4cc(Cl)ccc4nc32)C(=O)C1=C(C)c1ccc(N)cc1. The molecule has 0 saturated carbocycles. The molecule has 5 aromatic rings. The van der Waals surface area contributed by atoms with Crippen LogP contribution in [-0.4, -0.2) is 37.1 Å². The summed E-state index contributed by atoms with van der Waals surface area (Å²) in [4.78, 5) is 36.4. The zero-order chi connectivity index (χ0) is 25.8. The molecule has 3 aromatic carbocycles. The topological polar surface area (TPSA) is 106 Å². The molecule has 0 atom stereocenters. The van der Waals surface area contributed by atoms with Crippen LogP contribution >= 0.6 is 11.6 Å². The van der Waals surface area contributed by atoms with Gasteiger partial charge in [0.1, 0.15) is 12.1 Å². The molecule has 0 radical (unpaired) electrons. The van der Waals surface area contributed by atoms with Gasteiger partial charge in [-0.05, 0) is 61.4 Å². The number of nitrogens with two attached hydrogens (primary N) is 1. The van der Waals surface area contributed by atoms with E-state index < -0.39 is 11.8 Å². The lowest BCUT2D eigenvalue weighted by Crippen LogP contribution is -2.32. The van der Waals surface area contributed by atoms with Gasteiger partial charge in [-0.25, -0.2) is 9.97 Å². The van der Waals surface area contributed by atoms with Crippen LogP contribution in [0.3, 0.4) is 0 Å². The first-order valence-corrected chi connectivity index (χ1v) is 12.0. The van der Waals surface area contributed by atoms with Crippen molar-refractivity contribution in [1.29, 1.82) is 0 Å². The Balaban J connectivity index is 1.41. The van der Waals surface area contributed by atoms with Crippen LogP contribution in [0.2, 0.25) is 5.02 Å². The number of hydrogen-bond acceptors (Lipinski definition) is 6. The average molecular weight is 509 g/mol. The van der Waals surface area contributed by atoms with E-state index in [4.69, 9.17) is 27.3 Å². The second-order valence-corrected chi connectivity index (χ2v) is 9.39. The van der Waals surface area contributed by atoms with Gasteiger partial charge in [0.15, 0.2) is 5.65 Å². The van der Waals surface area contributed by atoms with Crippen molar-refractivity contribution in [3.63, 3.8) is 0 Å². The summed E-state index contributed by atoms with van der Waals surface area (Å²) in [5.74, 6) is -0.922. The van der Waals surface area contributed by atoms with E-state index in [1.165, 1.54) is 0 Å². The Kier molecular flexibility index (Phi) is 5.27. The Labute approximate surface area is 216 Å². The average Bonchev–Trinajstić information content (AvgIpc) is 3.35. The smallest absolute Gasteiger partial charge is 0.283 e. The van der Waals surface area contributed by atoms with Crippen molar-refractivity contribution in [2.75, 3.05) is 5.73 Å². The normalized spacial score (nSPS) is 15.2. The Morgan fingerprint density at radius 1 is 1.00 bits per heavy atom. The van der Waals surface area contributed by atoms with E-state index in [2.05, 4.69) is 5.10 Å². The van der Waals surface area contributed by atoms with Crippen molar-refractivity contribution in [2.24, 2.45) is 5.10 Å². The fourth-order valence-corrected chi connectivity index (χ4v) is 4.92. The Bertz CT molecular complexity index is 1840. The van der Waals surface area contributed by atoms with Crippen LogP contribution in [0.15, 0.2) is 77.4 Å². The summed E-state index contributed by atoms with van der Waals surface area (Å²) in [6.07, 6.45) is 0. The summed E-state index contributed by atoms with van der Waals surface area (Å²) >= 11 is 6.16. The first-order chi connectivity index (χ1) is 17.8. The van der Waals surface area contributed by atoms with Gasteiger partial charge in [-0.3, -0.25) is 9.59 Å². The number of hydrogen-bond donors (Lipinski definition) is 1. The van der Waals surface area contributed by atoms with Gasteiger partial charge >= 0.3 is 0 Å². The van der Waals surface area contributed by atoms with E-state index in [1.807, 2.05) is 43.3 Å². The standard InChI is InChI=1S/C28H21ClN6O2/c1-15(17-7-10-19(30)11-8-17)25-16(2)33-35(28(25)37)24(36)14-34-23-6-4-3-5-20(23)26-27(34)32-21-12-9-18(29)13-22(21)31-26/h3-13H,14,30H2,1-2H3. The molecule has 0 saturated heterocycles. The quantitative estimate of drug-likeness (QED) is 0.266. The summed E-state index contributed by atoms with van der Waals surface area (Å²) < 4.78 is 1.78. The zero-order valence-electron chi connectivity index (χ0n) is 20.1. The minimum atomic E-state index is -0.467. The van der Waals surface area contributed by atoms with Gasteiger partial charge in [-0.1, -0.05) is 41.9 Å². The Morgan fingerprint density at radius 2 is 1.76 bits per heavy atom. The van der Waals surface area contributed by atoms with Gasteiger partial charge in [-0.2, -0.15) is 10.1 Å². The Hall–Kier alpha value is -4.56. The highest BCUT2D eigenvalue weighted by atomic mass is 35.5. The first-order valence-electron chi connectivity index (χ1n) is 11.7. The van der Waals surface area contributed by atoms with Crippen molar-refractivity contribution in [1.82, 2.24) is 19.5 Å². The van der Waals surface area contributed by atoms with Crippen LogP contribution in [0.1, 0.15) is 19.4 Å². The highest BCUT2D eigenvalue weighted by molar-refractivity contribution is 6.31. The van der Waals surface area contributed by atoms with Gasteiger partial charge in [0.25, 0.3) is 11.8 Å². The van der Waals surface area contributed by atoms with Crippen LogP contribution in [0.4, 0.5) is 5.69 Å². The lowest BCUT2D eigenvalue weighted by molar-refractivity contribution is -0.141. The van der Waals surface area contributed by atoms with E-state index >= 15 is 0 Å². The summed E-state index contributed by atoms with van der Waals surface area (Å²) in [5, 5.41) is 6.69. The molecule has 1 aliphatic heterocycles. The molecule has 8 nitrogen and oxygen atoms in total. The monoisotopic (exact) mass is 508 g/mol. The van der Waals surface area contributed by atoms with E-state index in [9.17, 15) is 9.59 Å². The van der Waals surface area contributed by atoms with E-state index in [-0.39, 0.29) is 6.54 Å². The van der Waals surface area contributed by atoms with Gasteiger partial charge in [0.2, 0.25) is 0 Å². The number of halogens is 1. The summed E-state index contributed by atoms with van der Waals surface area (Å²) in [6, 6.07) is 20.2. The maximum atomic E-state index is 13.5. The van der Waals surface area contributed by atoms with Crippen molar-refractivity contribution in [3.05, 3.63) is 82.9 Å². The van der Waals surface area contributed by atoms with Crippen LogP contribution < -0.4 is 5.73 Å². The summed E-state index contributed by atoms with van der Waals surface area (Å²) in [6.45, 7) is 3.44. The largest absolute Gasteiger partial charge is 0.399 e. The molecule has 9 heteroatoms. The number of aromatic nitrogens is 3. The van der Waals surface area contributed by atoms with Crippen LogP contribution in [0, 0.1) is 0 Å². The molecule has 182 valence electrons. The number of para-hydroxylation sites is 1. The number of carbonyl (C=O) groups excluding carboxylic acids is 2. The number of hydrazone groups is 1. The second kappa shape index (κ2) is 8.53. The van der Waals surface area contributed by atoms with Crippen molar-refractivity contribution in [2.45, 2.75) is 20.4 Å². The maximum absolute atomic E-state index is 13.5. The highest BCUT2D eigenvalue weighted by Crippen LogP contribution is 2.30. The molecule has 37 heavy (non-hydrogen) atoms. The number of amides is 2. The molecule has 0 aliphatic carbocycles. The molecule has 1 aliphatic rings. The van der Waals surface area contributed by atoms with E-state index in [0.29, 0.717) is 44.2 Å². The maximum Gasteiger partial charge on any atom is 0.283 e. The lowest BCUT2D eigenvalue weighted by atomic mass is 9.98. The number of rotatable bonds is 3. The van der Waals surface area contributed by atoms with Crippen LogP contribution in [-0.2, 0) is 16.1 Å². The van der Waals surface area contributed by atoms with E-state index in [0.717, 1.165) is 27.0 Å². The predicted octanol–water partition coefficient (Wildman–Crippen LogP) is 5.19. The molecule has 2 aromatic heterocycles. The molecule has 0 spiro atoms. The first kappa shape index (κ1) is 22.9. The fraction of sp³-hybridized carbons (Fsp3) is 0.107. The van der Waals surface area contributed by atoms with Gasteiger partial charge < -0.3 is 10.3 Å². The number of carbonyl (C=O) groups is 2. The van der Waals surface area contributed by atoms with Gasteiger partial charge in [0.05, 0.1) is 27.8 Å². The van der Waals surface area contributed by atoms with Crippen LogP contribution in [0.5, 0.6) is 0 Å². The second-order valence-electron chi connectivity index (χ2n) is 8.95. The van der Waals surface area contributed by atoms with Crippen LogP contribution in [0.25, 0.3) is 38.7 Å². The molecule has 2 amide bonds. The minimum absolute atomic E-state index is 0.130. The molecule has 3 heterocycles. The third-order valence-electron chi connectivity index (χ3n) is 6.58. The third-order valence-corrected chi connectivity index (χ3v) is 6.81. The summed E-state index contributed by atoms with van der Waals surface area (Å²) in [5.41, 5.74) is 12.2. The van der Waals surface area contributed by atoms with Gasteiger partial charge in [0, 0.05) is 16.1 Å². The molecule has 6 rings (SSSR count). The highest BCUT2D eigenvalue weighted by Gasteiger charge is 2.34. The minimum Gasteiger partial charge on any atom is -0.399 e. The van der Waals surface area contributed by atoms with Crippen molar-refractivity contribution in [3.8, 4) is 0 Å². The lowest BCUT2D eigenvalue weighted by Gasteiger charge is -2.13. The molecule has 0 bridgehead atoms. The third kappa shape index (κ3) is 3.73. The number of anilines is 1. The Morgan fingerprint density at radius 3 is 2.54 bits per heavy atom. The fourth-order valence-electron chi connectivity index (χ4n) is 4.76. The van der Waals surface area contributed by atoms with E-state index in [1.54, 1.807) is 41.8 Å². The predicted molar refractivity (Wildman–Crippen MR) is 146 cm³/mol. The number of nitrogens with zero attached hydrogens (tertiary/aromatic N) is 5. The number of benzene rings is 3. The summed E-state index contributed by atoms with van der Waals surface area (Å²) in [7, 11) is 0. The number of imide groups is 1. The molecular weight excluding hydrogens is 488 g/mol. The number of fused-ring (bicyclic) bond motifs is 4. The molecule has 0 unspecified atom stereocenters.